The zero-order chi connectivity index (χ0) is 34.9. The number of benzene rings is 1. The zero-order valence-electron chi connectivity index (χ0n) is 28.1. The Morgan fingerprint density at radius 2 is 1.64 bits per heavy atom. The number of carbonyl (C=O) groups is 4. The molecule has 13 nitrogen and oxygen atoms in total. The number of allylic oxidation sites excluding steroid dienone is 1. The van der Waals surface area contributed by atoms with Gasteiger partial charge in [0.25, 0.3) is 5.91 Å². The number of nitrogens with zero attached hydrogens (tertiary/aromatic N) is 2. The first-order valence-electron chi connectivity index (χ1n) is 18.1. The van der Waals surface area contributed by atoms with Crippen LogP contribution in [-0.2, 0) is 29.1 Å². The molecule has 0 bridgehead atoms. The van der Waals surface area contributed by atoms with Crippen LogP contribution < -0.4 is 20.1 Å². The van der Waals surface area contributed by atoms with E-state index in [2.05, 4.69) is 25.3 Å². The Morgan fingerprint density at radius 1 is 0.900 bits per heavy atom. The van der Waals surface area contributed by atoms with Crippen molar-refractivity contribution in [2.45, 2.75) is 119 Å². The molecule has 3 amide bonds. The SMILES string of the molecule is O=C(N[C@@H]1CCCCC/C=C\C2C[C@@]2(C(=O)NS(=O)(=O)C2CC2)NC(=O)[C@@H]2C[C@@H](Oc3cnc4ccccc4n3)CC2C1=O)OC1CCCC1. The third-order valence-electron chi connectivity index (χ3n) is 10.8. The summed E-state index contributed by atoms with van der Waals surface area (Å²) in [6, 6.07) is 6.48. The summed E-state index contributed by atoms with van der Waals surface area (Å²) in [5.74, 6) is -3.47. The van der Waals surface area contributed by atoms with Crippen LogP contribution in [-0.4, -0.2) is 71.1 Å². The number of amides is 3. The number of hydrogen-bond donors (Lipinski definition) is 3. The fraction of sp³-hybridized carbons (Fsp3) is 0.611. The summed E-state index contributed by atoms with van der Waals surface area (Å²) in [6.45, 7) is 0. The minimum atomic E-state index is -3.86. The molecule has 1 aromatic carbocycles. The van der Waals surface area contributed by atoms with E-state index in [1.165, 1.54) is 6.20 Å². The average molecular weight is 708 g/mol. The van der Waals surface area contributed by atoms with E-state index in [9.17, 15) is 27.6 Å². The second-order valence-corrected chi connectivity index (χ2v) is 16.5. The van der Waals surface area contributed by atoms with E-state index in [-0.39, 0.29) is 42.9 Å². The van der Waals surface area contributed by atoms with Crippen molar-refractivity contribution in [2.75, 3.05) is 0 Å². The van der Waals surface area contributed by atoms with E-state index < -0.39 is 62.7 Å². The Morgan fingerprint density at radius 3 is 2.42 bits per heavy atom. The number of para-hydroxylation sites is 2. The van der Waals surface area contributed by atoms with Gasteiger partial charge in [0, 0.05) is 11.8 Å². The van der Waals surface area contributed by atoms with E-state index in [0.717, 1.165) is 44.9 Å². The zero-order valence-corrected chi connectivity index (χ0v) is 28.9. The summed E-state index contributed by atoms with van der Waals surface area (Å²) >= 11 is 0. The van der Waals surface area contributed by atoms with E-state index in [4.69, 9.17) is 9.47 Å². The lowest BCUT2D eigenvalue weighted by Crippen LogP contribution is -2.54. The van der Waals surface area contributed by atoms with Gasteiger partial charge in [-0.15, -0.1) is 0 Å². The number of hydrogen-bond acceptors (Lipinski definition) is 10. The number of nitrogens with one attached hydrogen (secondary N) is 3. The number of sulfonamides is 1. The van der Waals surface area contributed by atoms with Gasteiger partial charge in [0.05, 0.1) is 34.4 Å². The van der Waals surface area contributed by atoms with Crippen LogP contribution in [0.5, 0.6) is 5.88 Å². The Labute approximate surface area is 291 Å². The highest BCUT2D eigenvalue weighted by atomic mass is 32.2. The lowest BCUT2D eigenvalue weighted by molar-refractivity contribution is -0.136. The fourth-order valence-corrected chi connectivity index (χ4v) is 9.13. The Kier molecular flexibility index (Phi) is 9.82. The summed E-state index contributed by atoms with van der Waals surface area (Å²) in [7, 11) is -3.86. The van der Waals surface area contributed by atoms with Gasteiger partial charge in [0.15, 0.2) is 5.78 Å². The summed E-state index contributed by atoms with van der Waals surface area (Å²) in [5, 5.41) is 5.14. The minimum Gasteiger partial charge on any atom is -0.473 e. The standard InChI is InChI=1S/C36H45N5O8S/c42-32-26-18-24(48-31-21-37-28-13-8-9-14-29(28)38-31)19-27(26)33(43)40-36(34(44)41-50(46,47)25-16-17-25)20-22(36)10-4-2-1-3-5-15-30(32)39-35(45)49-23-11-6-7-12-23/h4,8-10,13-14,21-27,30H,1-3,5-7,11-12,15-20H2,(H,39,45)(H,40,43)(H,41,44)/b10-4-/t22?,24-,26?,27+,30+,36+/m0/s1. The van der Waals surface area contributed by atoms with Gasteiger partial charge in [0.2, 0.25) is 21.8 Å². The second kappa shape index (κ2) is 14.3. The average Bonchev–Trinajstić information content (AvgIpc) is 3.97. The van der Waals surface area contributed by atoms with Crippen LogP contribution in [0.1, 0.15) is 89.9 Å². The van der Waals surface area contributed by atoms with Crippen molar-refractivity contribution in [3.05, 3.63) is 42.6 Å². The van der Waals surface area contributed by atoms with Crippen molar-refractivity contribution < 1.29 is 37.1 Å². The summed E-state index contributed by atoms with van der Waals surface area (Å²) in [6.07, 6.45) is 12.5. The molecule has 2 aromatic rings. The lowest BCUT2D eigenvalue weighted by atomic mass is 9.86. The lowest BCUT2D eigenvalue weighted by Gasteiger charge is -2.26. The first-order valence-corrected chi connectivity index (χ1v) is 19.6. The first kappa shape index (κ1) is 34.4. The van der Waals surface area contributed by atoms with Crippen molar-refractivity contribution >= 4 is 44.7 Å². The highest BCUT2D eigenvalue weighted by Gasteiger charge is 2.62. The maximum Gasteiger partial charge on any atom is 0.407 e. The molecule has 4 aliphatic carbocycles. The summed E-state index contributed by atoms with van der Waals surface area (Å²) in [5.41, 5.74) is -0.115. The third kappa shape index (κ3) is 7.64. The number of alkyl carbamates (subject to hydrolysis) is 1. The van der Waals surface area contributed by atoms with Crippen LogP contribution in [0.2, 0.25) is 0 Å². The monoisotopic (exact) mass is 707 g/mol. The molecule has 0 spiro atoms. The van der Waals surface area contributed by atoms with Crippen LogP contribution in [0.15, 0.2) is 42.6 Å². The van der Waals surface area contributed by atoms with E-state index >= 15 is 0 Å². The number of carbonyl (C=O) groups excluding carboxylic acids is 4. The van der Waals surface area contributed by atoms with Crippen LogP contribution in [0.3, 0.4) is 0 Å². The topological polar surface area (TPSA) is 183 Å². The molecule has 7 rings (SSSR count). The molecule has 268 valence electrons. The second-order valence-electron chi connectivity index (χ2n) is 14.5. The maximum absolute atomic E-state index is 14.4. The molecule has 0 saturated heterocycles. The Balaban J connectivity index is 1.15. The molecule has 5 aliphatic rings. The highest BCUT2D eigenvalue weighted by Crippen LogP contribution is 2.47. The van der Waals surface area contributed by atoms with Crippen LogP contribution >= 0.6 is 0 Å². The molecule has 50 heavy (non-hydrogen) atoms. The van der Waals surface area contributed by atoms with Crippen molar-refractivity contribution in [3.8, 4) is 5.88 Å². The molecule has 1 aromatic heterocycles. The predicted molar refractivity (Wildman–Crippen MR) is 182 cm³/mol. The quantitative estimate of drug-likeness (QED) is 0.356. The molecule has 4 fully saturated rings. The van der Waals surface area contributed by atoms with Gasteiger partial charge in [-0.05, 0) is 89.2 Å². The number of ketones is 1. The van der Waals surface area contributed by atoms with Crippen LogP contribution in [0.25, 0.3) is 11.0 Å². The van der Waals surface area contributed by atoms with Gasteiger partial charge in [-0.25, -0.2) is 23.2 Å². The van der Waals surface area contributed by atoms with Gasteiger partial charge in [0.1, 0.15) is 17.7 Å². The summed E-state index contributed by atoms with van der Waals surface area (Å²) in [4.78, 5) is 64.3. The van der Waals surface area contributed by atoms with Crippen LogP contribution in [0.4, 0.5) is 4.79 Å². The summed E-state index contributed by atoms with van der Waals surface area (Å²) < 4.78 is 39.7. The Bertz CT molecular complexity index is 1770. The molecular formula is C36H45N5O8S. The minimum absolute atomic E-state index is 0.147. The fourth-order valence-electron chi connectivity index (χ4n) is 7.76. The van der Waals surface area contributed by atoms with Crippen LogP contribution in [0, 0.1) is 17.8 Å². The molecule has 2 unspecified atom stereocenters. The van der Waals surface area contributed by atoms with Gasteiger partial charge < -0.3 is 20.1 Å². The highest BCUT2D eigenvalue weighted by molar-refractivity contribution is 7.91. The van der Waals surface area contributed by atoms with Crippen molar-refractivity contribution in [2.24, 2.45) is 17.8 Å². The predicted octanol–water partition coefficient (Wildman–Crippen LogP) is 4.01. The number of aromatic nitrogens is 2. The molecule has 14 heteroatoms. The molecule has 6 atom stereocenters. The number of fused-ring (bicyclic) bond motifs is 3. The molecule has 3 N–H and O–H groups in total. The van der Waals surface area contributed by atoms with E-state index in [0.29, 0.717) is 36.7 Å². The van der Waals surface area contributed by atoms with Gasteiger partial charge in [-0.2, -0.15) is 0 Å². The van der Waals surface area contributed by atoms with Crippen molar-refractivity contribution in [3.63, 3.8) is 0 Å². The third-order valence-corrected chi connectivity index (χ3v) is 12.7. The van der Waals surface area contributed by atoms with Crippen molar-refractivity contribution in [1.82, 2.24) is 25.3 Å². The van der Waals surface area contributed by atoms with Gasteiger partial charge >= 0.3 is 6.09 Å². The smallest absolute Gasteiger partial charge is 0.407 e. The Hall–Kier alpha value is -4.07. The van der Waals surface area contributed by atoms with Crippen molar-refractivity contribution in [1.29, 1.82) is 0 Å². The largest absolute Gasteiger partial charge is 0.473 e. The van der Waals surface area contributed by atoms with E-state index in [1.54, 1.807) is 0 Å². The molecule has 2 heterocycles. The normalized spacial score (nSPS) is 31.3. The number of rotatable bonds is 7. The molecule has 1 aliphatic heterocycles. The number of Topliss-reactive ketones (excluding diaryl/α,β-unsaturated/α-hetero) is 1. The van der Waals surface area contributed by atoms with E-state index in [1.807, 2.05) is 36.4 Å². The maximum atomic E-state index is 14.4. The van der Waals surface area contributed by atoms with Gasteiger partial charge in [-0.1, -0.05) is 37.1 Å². The first-order chi connectivity index (χ1) is 24.1. The van der Waals surface area contributed by atoms with Gasteiger partial charge in [-0.3, -0.25) is 19.1 Å². The number of ether oxygens (including phenoxy) is 2. The molecule has 4 saturated carbocycles. The molecule has 0 radical (unpaired) electrons. The molecular weight excluding hydrogens is 662 g/mol.